The number of nitrogens with zero attached hydrogens (tertiary/aromatic N) is 1. The van der Waals surface area contributed by atoms with E-state index in [0.717, 1.165) is 24.1 Å². The van der Waals surface area contributed by atoms with Crippen LogP contribution in [0.4, 0.5) is 5.69 Å². The van der Waals surface area contributed by atoms with Gasteiger partial charge in [0, 0.05) is 0 Å². The van der Waals surface area contributed by atoms with Crippen molar-refractivity contribution in [1.82, 2.24) is 5.32 Å². The van der Waals surface area contributed by atoms with Crippen molar-refractivity contribution in [3.63, 3.8) is 0 Å². The molecule has 1 N–H and O–H groups in total. The molecule has 5 nitrogen and oxygen atoms in total. The van der Waals surface area contributed by atoms with Crippen molar-refractivity contribution < 1.29 is 14.3 Å². The van der Waals surface area contributed by atoms with Gasteiger partial charge in [-0.3, -0.25) is 4.79 Å². The second-order valence-corrected chi connectivity index (χ2v) is 8.31. The fourth-order valence-corrected chi connectivity index (χ4v) is 3.88. The number of rotatable bonds is 7. The zero-order valence-corrected chi connectivity index (χ0v) is 19.1. The number of aryl methyl sites for hydroxylation is 1. The molecule has 1 unspecified atom stereocenters. The number of halogens is 1. The quantitative estimate of drug-likeness (QED) is 0.533. The Balaban J connectivity index is 1.83. The van der Waals surface area contributed by atoms with Gasteiger partial charge in [-0.2, -0.15) is 0 Å². The first-order valence-corrected chi connectivity index (χ1v) is 11.1. The molecule has 1 aliphatic rings. The van der Waals surface area contributed by atoms with Crippen LogP contribution in [0.15, 0.2) is 46.3 Å². The first kappa shape index (κ1) is 22.2. The second-order valence-electron chi connectivity index (χ2n) is 6.87. The SMILES string of the molecule is CCc1ccc(N=C2NC(=O)C(=Cc3cc(Cl)c(OC(C)CC)c(OC)c3)S2)cc1. The lowest BCUT2D eigenvalue weighted by atomic mass is 10.1. The van der Waals surface area contributed by atoms with Gasteiger partial charge in [-0.1, -0.05) is 37.6 Å². The first-order valence-electron chi connectivity index (χ1n) is 9.86. The van der Waals surface area contributed by atoms with Crippen LogP contribution in [0.25, 0.3) is 6.08 Å². The molecule has 1 aliphatic heterocycles. The molecule has 2 aromatic carbocycles. The molecular formula is C23H25ClN2O3S. The number of aliphatic imine (C=N–C) groups is 1. The molecular weight excluding hydrogens is 420 g/mol. The highest BCUT2D eigenvalue weighted by molar-refractivity contribution is 8.18. The molecule has 0 saturated carbocycles. The minimum Gasteiger partial charge on any atom is -0.493 e. The Morgan fingerprint density at radius 2 is 1.97 bits per heavy atom. The van der Waals surface area contributed by atoms with Gasteiger partial charge in [0.25, 0.3) is 5.91 Å². The van der Waals surface area contributed by atoms with Gasteiger partial charge in [0.15, 0.2) is 16.7 Å². The lowest BCUT2D eigenvalue weighted by Crippen LogP contribution is -2.19. The number of methoxy groups -OCH3 is 1. The van der Waals surface area contributed by atoms with Crippen molar-refractivity contribution in [3.05, 3.63) is 57.5 Å². The Labute approximate surface area is 186 Å². The first-order chi connectivity index (χ1) is 14.4. The standard InChI is InChI=1S/C23H25ClN2O3S/c1-5-14(3)29-21-18(24)11-16(12-19(21)28-4)13-20-22(27)26-23(30-20)25-17-9-7-15(6-2)8-10-17/h7-14H,5-6H2,1-4H3,(H,25,26,27). The van der Waals surface area contributed by atoms with Crippen LogP contribution < -0.4 is 14.8 Å². The number of carbonyl (C=O) groups is 1. The number of hydrogen-bond donors (Lipinski definition) is 1. The lowest BCUT2D eigenvalue weighted by Gasteiger charge is -2.17. The molecule has 1 amide bonds. The second kappa shape index (κ2) is 10.0. The van der Waals surface area contributed by atoms with E-state index in [1.165, 1.54) is 17.3 Å². The molecule has 158 valence electrons. The van der Waals surface area contributed by atoms with Crippen molar-refractivity contribution >= 4 is 46.2 Å². The van der Waals surface area contributed by atoms with Crippen LogP contribution in [0.1, 0.15) is 38.3 Å². The normalized spacial score (nSPS) is 17.3. The van der Waals surface area contributed by atoms with Gasteiger partial charge >= 0.3 is 0 Å². The van der Waals surface area contributed by atoms with Gasteiger partial charge in [-0.15, -0.1) is 0 Å². The topological polar surface area (TPSA) is 59.9 Å². The van der Waals surface area contributed by atoms with Crippen LogP contribution in [-0.2, 0) is 11.2 Å². The van der Waals surface area contributed by atoms with E-state index in [1.54, 1.807) is 19.3 Å². The summed E-state index contributed by atoms with van der Waals surface area (Å²) in [4.78, 5) is 17.5. The van der Waals surface area contributed by atoms with E-state index in [2.05, 4.69) is 17.2 Å². The molecule has 0 spiro atoms. The van der Waals surface area contributed by atoms with E-state index in [9.17, 15) is 4.79 Å². The van der Waals surface area contributed by atoms with Gasteiger partial charge in [0.05, 0.1) is 28.8 Å². The predicted molar refractivity (Wildman–Crippen MR) is 125 cm³/mol. The maximum atomic E-state index is 12.4. The third-order valence-electron chi connectivity index (χ3n) is 4.67. The number of carbonyl (C=O) groups excluding carboxylic acids is 1. The third-order valence-corrected chi connectivity index (χ3v) is 5.86. The van der Waals surface area contributed by atoms with Crippen LogP contribution in [0.2, 0.25) is 5.02 Å². The van der Waals surface area contributed by atoms with Crippen molar-refractivity contribution in [1.29, 1.82) is 0 Å². The van der Waals surface area contributed by atoms with E-state index < -0.39 is 0 Å². The number of hydrogen-bond acceptors (Lipinski definition) is 5. The molecule has 0 radical (unpaired) electrons. The van der Waals surface area contributed by atoms with Gasteiger partial charge < -0.3 is 14.8 Å². The van der Waals surface area contributed by atoms with Gasteiger partial charge in [-0.25, -0.2) is 4.99 Å². The fraction of sp³-hybridized carbons (Fsp3) is 0.304. The Hall–Kier alpha value is -2.44. The summed E-state index contributed by atoms with van der Waals surface area (Å²) in [6.45, 7) is 6.12. The summed E-state index contributed by atoms with van der Waals surface area (Å²) in [5.41, 5.74) is 2.79. The Morgan fingerprint density at radius 3 is 2.60 bits per heavy atom. The van der Waals surface area contributed by atoms with Crippen LogP contribution in [0.3, 0.4) is 0 Å². The molecule has 0 aliphatic carbocycles. The molecule has 7 heteroatoms. The molecule has 1 saturated heterocycles. The fourth-order valence-electron chi connectivity index (χ4n) is 2.78. The molecule has 1 fully saturated rings. The Kier molecular flexibility index (Phi) is 7.45. The van der Waals surface area contributed by atoms with Crippen LogP contribution in [0, 0.1) is 0 Å². The van der Waals surface area contributed by atoms with Gasteiger partial charge in [0.2, 0.25) is 0 Å². The van der Waals surface area contributed by atoms with E-state index in [0.29, 0.717) is 26.6 Å². The maximum absolute atomic E-state index is 12.4. The molecule has 0 bridgehead atoms. The van der Waals surface area contributed by atoms with Crippen LogP contribution in [0.5, 0.6) is 11.5 Å². The van der Waals surface area contributed by atoms with E-state index >= 15 is 0 Å². The molecule has 0 aromatic heterocycles. The van der Waals surface area contributed by atoms with E-state index in [1.807, 2.05) is 44.2 Å². The highest BCUT2D eigenvalue weighted by Gasteiger charge is 2.24. The highest BCUT2D eigenvalue weighted by Crippen LogP contribution is 2.39. The summed E-state index contributed by atoms with van der Waals surface area (Å²) in [5.74, 6) is 0.846. The summed E-state index contributed by atoms with van der Waals surface area (Å²) < 4.78 is 11.3. The number of ether oxygens (including phenoxy) is 2. The van der Waals surface area contributed by atoms with Crippen LogP contribution >= 0.6 is 23.4 Å². The number of amides is 1. The number of amidine groups is 1. The van der Waals surface area contributed by atoms with Crippen molar-refractivity contribution in [2.75, 3.05) is 7.11 Å². The Morgan fingerprint density at radius 1 is 1.23 bits per heavy atom. The monoisotopic (exact) mass is 444 g/mol. The van der Waals surface area contributed by atoms with E-state index in [4.69, 9.17) is 21.1 Å². The smallest absolute Gasteiger partial charge is 0.264 e. The van der Waals surface area contributed by atoms with Crippen molar-refractivity contribution in [3.8, 4) is 11.5 Å². The largest absolute Gasteiger partial charge is 0.493 e. The lowest BCUT2D eigenvalue weighted by molar-refractivity contribution is -0.115. The van der Waals surface area contributed by atoms with Gasteiger partial charge in [0.1, 0.15) is 0 Å². The summed E-state index contributed by atoms with van der Waals surface area (Å²) >= 11 is 7.72. The minimum absolute atomic E-state index is 0.0157. The highest BCUT2D eigenvalue weighted by atomic mass is 35.5. The molecule has 30 heavy (non-hydrogen) atoms. The summed E-state index contributed by atoms with van der Waals surface area (Å²) in [6.07, 6.45) is 3.61. The zero-order chi connectivity index (χ0) is 21.7. The van der Waals surface area contributed by atoms with Crippen molar-refractivity contribution in [2.24, 2.45) is 4.99 Å². The number of benzene rings is 2. The third kappa shape index (κ3) is 5.37. The zero-order valence-electron chi connectivity index (χ0n) is 17.5. The molecule has 2 aromatic rings. The molecule has 1 heterocycles. The number of thioether (sulfide) groups is 1. The van der Waals surface area contributed by atoms with Crippen molar-refractivity contribution in [2.45, 2.75) is 39.7 Å². The molecule has 1 atom stereocenters. The average Bonchev–Trinajstić information content (AvgIpc) is 3.08. The Bertz CT molecular complexity index is 987. The number of nitrogens with one attached hydrogen (secondary N) is 1. The van der Waals surface area contributed by atoms with Crippen LogP contribution in [-0.4, -0.2) is 24.3 Å². The minimum atomic E-state index is -0.195. The van der Waals surface area contributed by atoms with E-state index in [-0.39, 0.29) is 12.0 Å². The average molecular weight is 445 g/mol. The predicted octanol–water partition coefficient (Wildman–Crippen LogP) is 5.98. The maximum Gasteiger partial charge on any atom is 0.264 e. The summed E-state index contributed by atoms with van der Waals surface area (Å²) in [7, 11) is 1.57. The van der Waals surface area contributed by atoms with Gasteiger partial charge in [-0.05, 0) is 73.0 Å². The summed E-state index contributed by atoms with van der Waals surface area (Å²) in [5, 5.41) is 3.79. The summed E-state index contributed by atoms with van der Waals surface area (Å²) in [6, 6.07) is 11.5. The molecule has 3 rings (SSSR count).